The van der Waals surface area contributed by atoms with Crippen LogP contribution in [0.3, 0.4) is 0 Å². The van der Waals surface area contributed by atoms with Crippen molar-refractivity contribution in [1.82, 2.24) is 5.32 Å². The van der Waals surface area contributed by atoms with Crippen LogP contribution in [0.4, 0.5) is 17.6 Å². The second-order valence-electron chi connectivity index (χ2n) is 4.80. The van der Waals surface area contributed by atoms with Gasteiger partial charge in [-0.3, -0.25) is 4.79 Å². The van der Waals surface area contributed by atoms with Crippen molar-refractivity contribution in [2.75, 3.05) is 6.54 Å². The second kappa shape index (κ2) is 6.21. The average Bonchev–Trinajstić information content (AvgIpc) is 2.28. The molecule has 0 amide bonds. The zero-order valence-corrected chi connectivity index (χ0v) is 11.0. The molecule has 1 rings (SSSR count). The molecule has 20 heavy (non-hydrogen) atoms. The minimum absolute atomic E-state index is 0.0617. The van der Waals surface area contributed by atoms with Crippen LogP contribution in [-0.2, 0) is 11.0 Å². The lowest BCUT2D eigenvalue weighted by Gasteiger charge is -2.20. The minimum atomic E-state index is -4.81. The fraction of sp³-hybridized carbons (Fsp3) is 0.462. The predicted octanol–water partition coefficient (Wildman–Crippen LogP) is 3.22. The second-order valence-corrected chi connectivity index (χ2v) is 4.80. The molecule has 7 heteroatoms. The Morgan fingerprint density at radius 1 is 1.35 bits per heavy atom. The predicted molar refractivity (Wildman–Crippen MR) is 64.6 cm³/mol. The minimum Gasteiger partial charge on any atom is -0.480 e. The smallest absolute Gasteiger partial charge is 0.416 e. The Labute approximate surface area is 113 Å². The van der Waals surface area contributed by atoms with Gasteiger partial charge in [-0.2, -0.15) is 13.2 Å². The molecule has 1 atom stereocenters. The van der Waals surface area contributed by atoms with Gasteiger partial charge in [0.05, 0.1) is 5.56 Å². The van der Waals surface area contributed by atoms with Crippen LogP contribution in [0.5, 0.6) is 0 Å². The van der Waals surface area contributed by atoms with Crippen molar-refractivity contribution in [2.45, 2.75) is 26.1 Å². The number of nitrogens with one attached hydrogen (secondary N) is 1. The van der Waals surface area contributed by atoms with Gasteiger partial charge < -0.3 is 10.4 Å². The molecule has 0 spiro atoms. The summed E-state index contributed by atoms with van der Waals surface area (Å²) in [5.74, 6) is -2.44. The molecule has 2 N–H and O–H groups in total. The number of hydrogen-bond donors (Lipinski definition) is 2. The van der Waals surface area contributed by atoms with E-state index in [1.165, 1.54) is 0 Å². The molecule has 1 unspecified atom stereocenters. The van der Waals surface area contributed by atoms with E-state index in [9.17, 15) is 22.4 Å². The van der Waals surface area contributed by atoms with E-state index in [-0.39, 0.29) is 12.5 Å². The van der Waals surface area contributed by atoms with Crippen molar-refractivity contribution in [2.24, 2.45) is 5.92 Å². The van der Waals surface area contributed by atoms with E-state index in [4.69, 9.17) is 5.11 Å². The quantitative estimate of drug-likeness (QED) is 0.820. The third kappa shape index (κ3) is 4.19. The zero-order valence-electron chi connectivity index (χ0n) is 11.0. The number of carbonyl (C=O) groups is 1. The van der Waals surface area contributed by atoms with Gasteiger partial charge in [-0.1, -0.05) is 19.9 Å². The summed E-state index contributed by atoms with van der Waals surface area (Å²) in [5, 5.41) is 11.6. The molecule has 3 nitrogen and oxygen atoms in total. The summed E-state index contributed by atoms with van der Waals surface area (Å²) in [6.07, 6.45) is -4.81. The van der Waals surface area contributed by atoms with Gasteiger partial charge in [0.25, 0.3) is 0 Å². The maximum atomic E-state index is 13.0. The molecule has 0 heterocycles. The molecule has 112 valence electrons. The Bertz CT molecular complexity index is 486. The highest BCUT2D eigenvalue weighted by Gasteiger charge is 2.37. The van der Waals surface area contributed by atoms with Crippen LogP contribution >= 0.6 is 0 Å². The van der Waals surface area contributed by atoms with Crippen molar-refractivity contribution in [3.63, 3.8) is 0 Å². The van der Waals surface area contributed by atoms with Crippen LogP contribution in [-0.4, -0.2) is 17.6 Å². The van der Waals surface area contributed by atoms with E-state index < -0.39 is 35.1 Å². The normalized spacial score (nSPS) is 13.6. The van der Waals surface area contributed by atoms with Gasteiger partial charge in [0.15, 0.2) is 0 Å². The first-order valence-electron chi connectivity index (χ1n) is 5.95. The van der Waals surface area contributed by atoms with Crippen LogP contribution in [0, 0.1) is 11.7 Å². The summed E-state index contributed by atoms with van der Waals surface area (Å²) in [4.78, 5) is 11.2. The van der Waals surface area contributed by atoms with Gasteiger partial charge in [0.2, 0.25) is 0 Å². The van der Waals surface area contributed by atoms with E-state index in [0.717, 1.165) is 12.1 Å². The number of halogens is 4. The Hall–Kier alpha value is -1.63. The molecule has 0 saturated heterocycles. The van der Waals surface area contributed by atoms with E-state index in [2.05, 4.69) is 5.32 Å². The molecule has 0 aliphatic heterocycles. The standard InChI is InChI=1S/C13H15F4NO2/c1-7(2)6-18-11(12(19)20)9-4-3-8(14)5-10(9)13(15,16)17/h3-5,7,11,18H,6H2,1-2H3,(H,19,20). The number of benzene rings is 1. The largest absolute Gasteiger partial charge is 0.480 e. The molecule has 0 saturated carbocycles. The summed E-state index contributed by atoms with van der Waals surface area (Å²) in [6, 6.07) is 0.444. The van der Waals surface area contributed by atoms with Crippen LogP contribution in [0.2, 0.25) is 0 Å². The van der Waals surface area contributed by atoms with Crippen LogP contribution < -0.4 is 5.32 Å². The highest BCUT2D eigenvalue weighted by Crippen LogP contribution is 2.35. The fourth-order valence-corrected chi connectivity index (χ4v) is 1.71. The monoisotopic (exact) mass is 293 g/mol. The first-order chi connectivity index (χ1) is 9.12. The van der Waals surface area contributed by atoms with Crippen LogP contribution in [0.25, 0.3) is 0 Å². The van der Waals surface area contributed by atoms with Crippen LogP contribution in [0.1, 0.15) is 31.0 Å². The van der Waals surface area contributed by atoms with E-state index in [1.807, 2.05) is 0 Å². The Morgan fingerprint density at radius 2 is 1.95 bits per heavy atom. The maximum absolute atomic E-state index is 13.0. The first kappa shape index (κ1) is 16.4. The molecular formula is C13H15F4NO2. The van der Waals surface area contributed by atoms with E-state index >= 15 is 0 Å². The molecule has 0 radical (unpaired) electrons. The summed E-state index contributed by atoms with van der Waals surface area (Å²) < 4.78 is 51.6. The van der Waals surface area contributed by atoms with Crippen molar-refractivity contribution >= 4 is 5.97 Å². The summed E-state index contributed by atoms with van der Waals surface area (Å²) in [7, 11) is 0. The Balaban J connectivity index is 3.23. The highest BCUT2D eigenvalue weighted by atomic mass is 19.4. The van der Waals surface area contributed by atoms with Gasteiger partial charge in [0, 0.05) is 0 Å². The molecular weight excluding hydrogens is 278 g/mol. The molecule has 0 fully saturated rings. The summed E-state index contributed by atoms with van der Waals surface area (Å²) in [6.45, 7) is 3.81. The third-order valence-corrected chi connectivity index (χ3v) is 2.61. The van der Waals surface area contributed by atoms with Gasteiger partial charge in [-0.25, -0.2) is 4.39 Å². The fourth-order valence-electron chi connectivity index (χ4n) is 1.71. The SMILES string of the molecule is CC(C)CNC(C(=O)O)c1ccc(F)cc1C(F)(F)F. The molecule has 0 aliphatic rings. The number of aliphatic carboxylic acids is 1. The number of carboxylic acid groups (broad SMARTS) is 1. The molecule has 1 aromatic carbocycles. The lowest BCUT2D eigenvalue weighted by Crippen LogP contribution is -2.33. The third-order valence-electron chi connectivity index (χ3n) is 2.61. The van der Waals surface area contributed by atoms with Crippen molar-refractivity contribution in [3.8, 4) is 0 Å². The highest BCUT2D eigenvalue weighted by molar-refractivity contribution is 5.76. The van der Waals surface area contributed by atoms with E-state index in [1.54, 1.807) is 13.8 Å². The molecule has 0 bridgehead atoms. The molecule has 0 aromatic heterocycles. The average molecular weight is 293 g/mol. The summed E-state index contributed by atoms with van der Waals surface area (Å²) >= 11 is 0. The summed E-state index contributed by atoms with van der Waals surface area (Å²) in [5.41, 5.74) is -1.77. The van der Waals surface area contributed by atoms with Crippen molar-refractivity contribution in [1.29, 1.82) is 0 Å². The van der Waals surface area contributed by atoms with Crippen molar-refractivity contribution in [3.05, 3.63) is 35.1 Å². The van der Waals surface area contributed by atoms with E-state index in [0.29, 0.717) is 6.07 Å². The zero-order chi connectivity index (χ0) is 15.5. The Morgan fingerprint density at radius 3 is 2.40 bits per heavy atom. The number of carboxylic acids is 1. The number of alkyl halides is 3. The lowest BCUT2D eigenvalue weighted by molar-refractivity contribution is -0.142. The van der Waals surface area contributed by atoms with Crippen molar-refractivity contribution < 1.29 is 27.5 Å². The van der Waals surface area contributed by atoms with Gasteiger partial charge in [-0.05, 0) is 30.2 Å². The van der Waals surface area contributed by atoms with Gasteiger partial charge in [-0.15, -0.1) is 0 Å². The number of rotatable bonds is 5. The lowest BCUT2D eigenvalue weighted by atomic mass is 9.99. The maximum Gasteiger partial charge on any atom is 0.416 e. The topological polar surface area (TPSA) is 49.3 Å². The van der Waals surface area contributed by atoms with Gasteiger partial charge >= 0.3 is 12.1 Å². The molecule has 0 aliphatic carbocycles. The number of hydrogen-bond acceptors (Lipinski definition) is 2. The Kier molecular flexibility index (Phi) is 5.10. The first-order valence-corrected chi connectivity index (χ1v) is 5.95. The van der Waals surface area contributed by atoms with Crippen LogP contribution in [0.15, 0.2) is 18.2 Å². The van der Waals surface area contributed by atoms with Gasteiger partial charge in [0.1, 0.15) is 11.9 Å². The molecule has 1 aromatic rings.